The fraction of sp³-hybridized carbons (Fsp3) is 0.714. The minimum Gasteiger partial charge on any atom is -0.378 e. The van der Waals surface area contributed by atoms with Crippen LogP contribution in [0.4, 0.5) is 5.82 Å². The summed E-state index contributed by atoms with van der Waals surface area (Å²) in [4.78, 5) is 16.0. The van der Waals surface area contributed by atoms with Gasteiger partial charge in [0.15, 0.2) is 0 Å². The number of nitrogens with one attached hydrogen (secondary N) is 1. The van der Waals surface area contributed by atoms with Crippen molar-refractivity contribution in [2.75, 3.05) is 30.8 Å². The molecule has 2 heterocycles. The van der Waals surface area contributed by atoms with Crippen molar-refractivity contribution in [3.05, 3.63) is 22.7 Å². The minimum atomic E-state index is -0.289. The maximum absolute atomic E-state index is 12.0. The van der Waals surface area contributed by atoms with Crippen LogP contribution in [0.15, 0.2) is 17.1 Å². The molecule has 118 valence electrons. The van der Waals surface area contributed by atoms with E-state index in [1.54, 1.807) is 24.0 Å². The number of rotatable bonds is 7. The molecule has 0 aliphatic carbocycles. The van der Waals surface area contributed by atoms with Gasteiger partial charge in [0.25, 0.3) is 0 Å². The quantitative estimate of drug-likeness (QED) is 0.830. The first-order valence-electron chi connectivity index (χ1n) is 7.28. The monoisotopic (exact) mass is 313 g/mol. The van der Waals surface area contributed by atoms with Crippen LogP contribution in [0.2, 0.25) is 0 Å². The second-order valence-electron chi connectivity index (χ2n) is 5.32. The van der Waals surface area contributed by atoms with Crippen LogP contribution in [0.3, 0.4) is 0 Å². The van der Waals surface area contributed by atoms with Crippen molar-refractivity contribution in [3.63, 3.8) is 0 Å². The summed E-state index contributed by atoms with van der Waals surface area (Å²) >= 11 is 1.67. The van der Waals surface area contributed by atoms with Crippen LogP contribution in [0.1, 0.15) is 27.0 Å². The summed E-state index contributed by atoms with van der Waals surface area (Å²) in [6, 6.07) is 1.79. The topological polar surface area (TPSA) is 65.4 Å². The number of aromatic nitrogens is 2. The Morgan fingerprint density at radius 1 is 1.62 bits per heavy atom. The summed E-state index contributed by atoms with van der Waals surface area (Å²) in [6.45, 7) is 8.21. The molecule has 0 radical (unpaired) electrons. The van der Waals surface area contributed by atoms with E-state index in [4.69, 9.17) is 9.47 Å². The van der Waals surface area contributed by atoms with Crippen LogP contribution in [-0.2, 0) is 9.47 Å². The molecule has 1 fully saturated rings. The molecule has 7 heteroatoms. The van der Waals surface area contributed by atoms with Gasteiger partial charge in [-0.3, -0.25) is 4.57 Å². The average molecular weight is 313 g/mol. The molecule has 21 heavy (non-hydrogen) atoms. The van der Waals surface area contributed by atoms with Crippen LogP contribution in [0.25, 0.3) is 0 Å². The van der Waals surface area contributed by atoms with Gasteiger partial charge in [0.05, 0.1) is 6.61 Å². The van der Waals surface area contributed by atoms with Crippen LogP contribution in [-0.4, -0.2) is 40.5 Å². The molecule has 1 aromatic rings. The third-order valence-electron chi connectivity index (χ3n) is 2.94. The first-order chi connectivity index (χ1) is 10.1. The number of ether oxygens (including phenoxy) is 2. The number of hydrogen-bond acceptors (Lipinski definition) is 6. The molecular weight excluding hydrogens is 290 g/mol. The van der Waals surface area contributed by atoms with Crippen molar-refractivity contribution in [3.8, 4) is 0 Å². The number of nitrogens with zero attached hydrogens (tertiary/aromatic N) is 2. The number of thioether (sulfide) groups is 1. The Kier molecular flexibility index (Phi) is 6.08. The van der Waals surface area contributed by atoms with Crippen LogP contribution < -0.4 is 11.0 Å². The lowest BCUT2D eigenvalue weighted by Crippen LogP contribution is -2.29. The summed E-state index contributed by atoms with van der Waals surface area (Å²) in [5, 5.41) is 3.02. The fourth-order valence-electron chi connectivity index (χ4n) is 1.99. The van der Waals surface area contributed by atoms with E-state index in [1.165, 1.54) is 4.57 Å². The van der Waals surface area contributed by atoms with Gasteiger partial charge in [0.2, 0.25) is 0 Å². The molecule has 2 rings (SSSR count). The Morgan fingerprint density at radius 3 is 3.10 bits per heavy atom. The molecule has 1 N–H and O–H groups in total. The van der Waals surface area contributed by atoms with Crippen molar-refractivity contribution in [1.29, 1.82) is 0 Å². The molecule has 0 bridgehead atoms. The first kappa shape index (κ1) is 16.3. The van der Waals surface area contributed by atoms with Gasteiger partial charge >= 0.3 is 5.69 Å². The summed E-state index contributed by atoms with van der Waals surface area (Å²) in [5.74, 6) is 1.84. The Hall–Kier alpha value is -1.05. The molecule has 2 atom stereocenters. The zero-order valence-electron chi connectivity index (χ0n) is 12.7. The van der Waals surface area contributed by atoms with Gasteiger partial charge in [-0.05, 0) is 18.9 Å². The van der Waals surface area contributed by atoms with Crippen molar-refractivity contribution in [2.45, 2.75) is 32.4 Å². The predicted molar refractivity (Wildman–Crippen MR) is 84.7 cm³/mol. The van der Waals surface area contributed by atoms with E-state index in [9.17, 15) is 4.79 Å². The van der Waals surface area contributed by atoms with E-state index in [2.05, 4.69) is 24.1 Å². The van der Waals surface area contributed by atoms with Gasteiger partial charge in [0.1, 0.15) is 17.5 Å². The third-order valence-corrected chi connectivity index (χ3v) is 4.03. The molecule has 0 aromatic carbocycles. The van der Waals surface area contributed by atoms with Gasteiger partial charge in [-0.1, -0.05) is 13.8 Å². The van der Waals surface area contributed by atoms with Crippen molar-refractivity contribution >= 4 is 17.6 Å². The summed E-state index contributed by atoms with van der Waals surface area (Å²) in [7, 11) is 0. The first-order valence-corrected chi connectivity index (χ1v) is 8.33. The molecule has 1 aliphatic rings. The highest BCUT2D eigenvalue weighted by Crippen LogP contribution is 2.31. The zero-order chi connectivity index (χ0) is 15.2. The molecule has 0 saturated carbocycles. The lowest BCUT2D eigenvalue weighted by Gasteiger charge is -2.15. The van der Waals surface area contributed by atoms with Crippen molar-refractivity contribution < 1.29 is 9.47 Å². The van der Waals surface area contributed by atoms with Gasteiger partial charge in [-0.25, -0.2) is 4.79 Å². The summed E-state index contributed by atoms with van der Waals surface area (Å²) in [6.07, 6.45) is 1.47. The van der Waals surface area contributed by atoms with E-state index in [-0.39, 0.29) is 17.4 Å². The Labute approximate surface area is 129 Å². The zero-order valence-corrected chi connectivity index (χ0v) is 13.6. The molecule has 1 unspecified atom stereocenters. The van der Waals surface area contributed by atoms with Gasteiger partial charge in [0, 0.05) is 25.1 Å². The van der Waals surface area contributed by atoms with Gasteiger partial charge < -0.3 is 14.8 Å². The summed E-state index contributed by atoms with van der Waals surface area (Å²) in [5.41, 5.74) is -0.308. The maximum atomic E-state index is 12.0. The van der Waals surface area contributed by atoms with Gasteiger partial charge in [-0.15, -0.1) is 11.8 Å². The third kappa shape index (κ3) is 4.72. The van der Waals surface area contributed by atoms with Crippen LogP contribution in [0, 0.1) is 5.92 Å². The van der Waals surface area contributed by atoms with E-state index in [1.807, 2.05) is 6.92 Å². The highest BCUT2D eigenvalue weighted by molar-refractivity contribution is 8.00. The van der Waals surface area contributed by atoms with E-state index in [0.717, 1.165) is 18.9 Å². The van der Waals surface area contributed by atoms with Crippen LogP contribution in [0.5, 0.6) is 0 Å². The smallest absolute Gasteiger partial charge is 0.351 e. The molecule has 0 amide bonds. The molecule has 6 nitrogen and oxygen atoms in total. The second-order valence-corrected chi connectivity index (χ2v) is 6.51. The normalized spacial score (nSPS) is 21.9. The Bertz CT molecular complexity index is 506. The van der Waals surface area contributed by atoms with Crippen molar-refractivity contribution in [2.24, 2.45) is 5.92 Å². The van der Waals surface area contributed by atoms with E-state index < -0.39 is 0 Å². The molecular formula is C14H23N3O3S. The highest BCUT2D eigenvalue weighted by Gasteiger charge is 2.28. The molecule has 1 saturated heterocycles. The maximum Gasteiger partial charge on any atom is 0.351 e. The number of hydrogen-bond donors (Lipinski definition) is 1. The standard InChI is InChI=1S/C14H23N3O3S/c1-4-15-11-5-6-17(14(18)16-11)12-9-21-13(20-12)8-19-7-10(2)3/h5-6,10,12-13H,4,7-9H2,1-3H3,(H,15,16,18)/t12-,13?/m0/s1. The average Bonchev–Trinajstić information content (AvgIpc) is 2.87. The largest absolute Gasteiger partial charge is 0.378 e. The van der Waals surface area contributed by atoms with Crippen LogP contribution >= 0.6 is 11.8 Å². The Morgan fingerprint density at radius 2 is 2.43 bits per heavy atom. The lowest BCUT2D eigenvalue weighted by molar-refractivity contribution is -0.0286. The minimum absolute atomic E-state index is 0.0194. The molecule has 1 aromatic heterocycles. The highest BCUT2D eigenvalue weighted by atomic mass is 32.2. The van der Waals surface area contributed by atoms with E-state index >= 15 is 0 Å². The summed E-state index contributed by atoms with van der Waals surface area (Å²) < 4.78 is 13.0. The fourth-order valence-corrected chi connectivity index (χ4v) is 3.01. The lowest BCUT2D eigenvalue weighted by atomic mass is 10.2. The predicted octanol–water partition coefficient (Wildman–Crippen LogP) is 1.94. The molecule has 1 aliphatic heterocycles. The van der Waals surface area contributed by atoms with Gasteiger partial charge in [-0.2, -0.15) is 4.98 Å². The SMILES string of the molecule is CCNc1ccn([C@@H]2CSC(COCC(C)C)O2)c(=O)n1. The Balaban J connectivity index is 1.90. The molecule has 0 spiro atoms. The number of anilines is 1. The second kappa shape index (κ2) is 7.82. The van der Waals surface area contributed by atoms with Crippen molar-refractivity contribution in [1.82, 2.24) is 9.55 Å². The van der Waals surface area contributed by atoms with E-state index in [0.29, 0.717) is 18.3 Å².